The summed E-state index contributed by atoms with van der Waals surface area (Å²) in [6.07, 6.45) is 0.625. The summed E-state index contributed by atoms with van der Waals surface area (Å²) in [7, 11) is 3.25. The second kappa shape index (κ2) is 7.01. The van der Waals surface area contributed by atoms with E-state index < -0.39 is 0 Å². The number of carbonyl (C=O) groups excluding carboxylic acids is 2. The molecule has 156 valence electrons. The highest BCUT2D eigenvalue weighted by Gasteiger charge is 2.36. The van der Waals surface area contributed by atoms with Crippen LogP contribution >= 0.6 is 0 Å². The van der Waals surface area contributed by atoms with Crippen LogP contribution < -0.4 is 29.0 Å². The minimum Gasteiger partial charge on any atom is -0.492 e. The van der Waals surface area contributed by atoms with E-state index in [-0.39, 0.29) is 31.9 Å². The smallest absolute Gasteiger partial charge is 0.257 e. The lowest BCUT2D eigenvalue weighted by Gasteiger charge is -2.29. The maximum atomic E-state index is 12.9. The van der Waals surface area contributed by atoms with E-state index in [1.54, 1.807) is 30.1 Å². The van der Waals surface area contributed by atoms with Gasteiger partial charge in [-0.05, 0) is 30.2 Å². The Morgan fingerprint density at radius 3 is 2.73 bits per heavy atom. The van der Waals surface area contributed by atoms with Gasteiger partial charge >= 0.3 is 0 Å². The Labute approximate surface area is 172 Å². The van der Waals surface area contributed by atoms with E-state index in [4.69, 9.17) is 23.7 Å². The summed E-state index contributed by atoms with van der Waals surface area (Å²) in [5, 5.41) is 2.91. The van der Waals surface area contributed by atoms with Crippen molar-refractivity contribution in [1.29, 1.82) is 0 Å². The molecule has 0 radical (unpaired) electrons. The highest BCUT2D eigenvalue weighted by Crippen LogP contribution is 2.49. The van der Waals surface area contributed by atoms with Crippen LogP contribution in [-0.4, -0.2) is 51.0 Å². The lowest BCUT2D eigenvalue weighted by atomic mass is 9.91. The molecule has 1 N–H and O–H groups in total. The maximum Gasteiger partial charge on any atom is 0.257 e. The first-order valence-electron chi connectivity index (χ1n) is 9.53. The Morgan fingerprint density at radius 1 is 1.13 bits per heavy atom. The van der Waals surface area contributed by atoms with Gasteiger partial charge in [-0.2, -0.15) is 0 Å². The summed E-state index contributed by atoms with van der Waals surface area (Å²) in [6.45, 7) is 0.923. The van der Waals surface area contributed by atoms with E-state index in [2.05, 4.69) is 5.32 Å². The van der Waals surface area contributed by atoms with Gasteiger partial charge in [0.15, 0.2) is 23.0 Å². The van der Waals surface area contributed by atoms with Crippen molar-refractivity contribution in [1.82, 2.24) is 10.2 Å². The molecule has 0 aromatic heterocycles. The average Bonchev–Trinajstić information content (AvgIpc) is 3.42. The fraction of sp³-hybridized carbons (Fsp3) is 0.333. The molecule has 3 heterocycles. The molecule has 0 bridgehead atoms. The average molecular weight is 412 g/mol. The van der Waals surface area contributed by atoms with Gasteiger partial charge in [-0.1, -0.05) is 0 Å². The quantitative estimate of drug-likeness (QED) is 0.817. The maximum absolute atomic E-state index is 12.9. The summed E-state index contributed by atoms with van der Waals surface area (Å²) < 4.78 is 27.4. The Morgan fingerprint density at radius 2 is 1.90 bits per heavy atom. The normalized spacial score (nSPS) is 15.8. The van der Waals surface area contributed by atoms with Gasteiger partial charge in [0.25, 0.3) is 11.8 Å². The Bertz CT molecular complexity index is 1070. The Hall–Kier alpha value is -3.62. The van der Waals surface area contributed by atoms with Gasteiger partial charge in [0.2, 0.25) is 19.3 Å². The zero-order chi connectivity index (χ0) is 20.8. The van der Waals surface area contributed by atoms with Crippen LogP contribution in [0.4, 0.5) is 0 Å². The van der Waals surface area contributed by atoms with Crippen molar-refractivity contribution in [2.75, 3.05) is 34.3 Å². The van der Waals surface area contributed by atoms with Crippen molar-refractivity contribution in [2.45, 2.75) is 13.0 Å². The summed E-state index contributed by atoms with van der Waals surface area (Å²) >= 11 is 0. The zero-order valence-electron chi connectivity index (χ0n) is 16.6. The number of hydrogen-bond donors (Lipinski definition) is 1. The molecule has 2 aromatic rings. The third-order valence-corrected chi connectivity index (χ3v) is 5.51. The van der Waals surface area contributed by atoms with E-state index in [0.29, 0.717) is 52.8 Å². The zero-order valence-corrected chi connectivity index (χ0v) is 16.6. The number of nitrogens with one attached hydrogen (secondary N) is 1. The molecule has 9 heteroatoms. The third kappa shape index (κ3) is 2.77. The highest BCUT2D eigenvalue weighted by atomic mass is 16.7. The van der Waals surface area contributed by atoms with Gasteiger partial charge < -0.3 is 33.9 Å². The van der Waals surface area contributed by atoms with Gasteiger partial charge in [-0.15, -0.1) is 0 Å². The number of carbonyl (C=O) groups is 2. The minimum atomic E-state index is -0.273. The summed E-state index contributed by atoms with van der Waals surface area (Å²) in [4.78, 5) is 27.2. The lowest BCUT2D eigenvalue weighted by molar-refractivity contribution is 0.0775. The predicted molar refractivity (Wildman–Crippen MR) is 104 cm³/mol. The van der Waals surface area contributed by atoms with E-state index in [0.717, 1.165) is 11.1 Å². The number of rotatable bonds is 4. The molecule has 2 amide bonds. The molecule has 0 aliphatic carbocycles. The van der Waals surface area contributed by atoms with E-state index in [9.17, 15) is 9.59 Å². The van der Waals surface area contributed by atoms with E-state index in [1.807, 2.05) is 0 Å². The number of likely N-dealkylation sites (N-methyl/N-ethyl adjacent to an activating group) is 1. The van der Waals surface area contributed by atoms with Gasteiger partial charge in [-0.3, -0.25) is 9.59 Å². The Balaban J connectivity index is 1.48. The minimum absolute atomic E-state index is 0.0295. The monoisotopic (exact) mass is 412 g/mol. The lowest BCUT2D eigenvalue weighted by Crippen LogP contribution is -2.36. The summed E-state index contributed by atoms with van der Waals surface area (Å²) in [6, 6.07) is 5.02. The van der Waals surface area contributed by atoms with Crippen molar-refractivity contribution in [3.63, 3.8) is 0 Å². The van der Waals surface area contributed by atoms with Crippen molar-refractivity contribution < 1.29 is 33.3 Å². The van der Waals surface area contributed by atoms with Crippen LogP contribution in [0.3, 0.4) is 0 Å². The first-order chi connectivity index (χ1) is 14.6. The first-order valence-corrected chi connectivity index (χ1v) is 9.53. The van der Waals surface area contributed by atoms with Crippen molar-refractivity contribution in [3.8, 4) is 28.7 Å². The fourth-order valence-electron chi connectivity index (χ4n) is 3.97. The molecular formula is C21H20N2O7. The standard InChI is InChI=1S/C21H20N2O7/c1-23-6-5-12-13(17-19(30-10-29-17)18(26-2)16(12)21(23)25)8-22-20(24)11-3-4-14-15(7-11)28-9-27-14/h3-4,7H,5-6,8-10H2,1-2H3,(H,22,24). The van der Waals surface area contributed by atoms with Gasteiger partial charge in [0.05, 0.1) is 12.7 Å². The number of nitrogens with zero attached hydrogens (tertiary/aromatic N) is 1. The van der Waals surface area contributed by atoms with Crippen LogP contribution in [0.1, 0.15) is 31.8 Å². The van der Waals surface area contributed by atoms with E-state index >= 15 is 0 Å². The summed E-state index contributed by atoms with van der Waals surface area (Å²) in [5.41, 5.74) is 2.45. The van der Waals surface area contributed by atoms with E-state index in [1.165, 1.54) is 7.11 Å². The van der Waals surface area contributed by atoms with Crippen molar-refractivity contribution in [2.24, 2.45) is 0 Å². The molecule has 3 aliphatic heterocycles. The van der Waals surface area contributed by atoms with Crippen LogP contribution in [0, 0.1) is 0 Å². The molecule has 0 saturated heterocycles. The SMILES string of the molecule is COc1c2c(c(CNC(=O)c3ccc4c(c3)OCO4)c3c1C(=O)N(C)CC3)OCO2. The van der Waals surface area contributed by atoms with Crippen LogP contribution in [0.2, 0.25) is 0 Å². The molecular weight excluding hydrogens is 392 g/mol. The number of amides is 2. The molecule has 3 aliphatic rings. The van der Waals surface area contributed by atoms with Gasteiger partial charge in [-0.25, -0.2) is 0 Å². The van der Waals surface area contributed by atoms with Crippen LogP contribution in [-0.2, 0) is 13.0 Å². The second-order valence-corrected chi connectivity index (χ2v) is 7.16. The number of ether oxygens (including phenoxy) is 5. The molecule has 2 aromatic carbocycles. The molecule has 0 fully saturated rings. The number of fused-ring (bicyclic) bond motifs is 3. The molecule has 0 atom stereocenters. The van der Waals surface area contributed by atoms with Crippen LogP contribution in [0.25, 0.3) is 0 Å². The largest absolute Gasteiger partial charge is 0.492 e. The number of benzene rings is 2. The molecule has 0 spiro atoms. The van der Waals surface area contributed by atoms with Crippen LogP contribution in [0.15, 0.2) is 18.2 Å². The molecule has 0 saturated carbocycles. The summed E-state index contributed by atoms with van der Waals surface area (Å²) in [5.74, 6) is 2.01. The topological polar surface area (TPSA) is 95.6 Å². The van der Waals surface area contributed by atoms with Crippen molar-refractivity contribution >= 4 is 11.8 Å². The first kappa shape index (κ1) is 18.4. The number of methoxy groups -OCH3 is 1. The van der Waals surface area contributed by atoms with Gasteiger partial charge in [0.1, 0.15) is 0 Å². The van der Waals surface area contributed by atoms with Gasteiger partial charge in [0, 0.05) is 31.3 Å². The van der Waals surface area contributed by atoms with Crippen molar-refractivity contribution in [3.05, 3.63) is 40.5 Å². The molecule has 9 nitrogen and oxygen atoms in total. The number of hydrogen-bond acceptors (Lipinski definition) is 7. The highest BCUT2D eigenvalue weighted by molar-refractivity contribution is 6.01. The molecule has 0 unspecified atom stereocenters. The third-order valence-electron chi connectivity index (χ3n) is 5.51. The van der Waals surface area contributed by atoms with Crippen LogP contribution in [0.5, 0.6) is 28.7 Å². The predicted octanol–water partition coefficient (Wildman–Crippen LogP) is 1.71. The molecule has 5 rings (SSSR count). The fourth-order valence-corrected chi connectivity index (χ4v) is 3.97. The second-order valence-electron chi connectivity index (χ2n) is 7.16. The molecule has 30 heavy (non-hydrogen) atoms. The Kier molecular flexibility index (Phi) is 4.30.